The summed E-state index contributed by atoms with van der Waals surface area (Å²) in [7, 11) is -8.97. The van der Waals surface area contributed by atoms with Gasteiger partial charge in [-0.25, -0.2) is 13.7 Å². The Hall–Kier alpha value is -1.71. The number of nitrogens with zero attached hydrogens (tertiary/aromatic N) is 3. The van der Waals surface area contributed by atoms with Crippen molar-refractivity contribution in [2.75, 3.05) is 12.3 Å². The Kier molecular flexibility index (Phi) is 5.70. The molecule has 3 rings (SSSR count). The number of nitrogens with two attached hydrogens (primary N) is 1. The fourth-order valence-corrected chi connectivity index (χ4v) is 4.48. The molecule has 1 fully saturated rings. The lowest BCUT2D eigenvalue weighted by Crippen LogP contribution is -2.46. The Labute approximate surface area is 160 Å². The number of fused-ring (bicyclic) bond motifs is 1. The second-order valence-corrected chi connectivity index (χ2v) is 8.97. The molecular formula is C11H18N5O11P2+. The van der Waals surface area contributed by atoms with Gasteiger partial charge in [-0.05, 0) is 0 Å². The largest absolute Gasteiger partial charge is 0.481 e. The van der Waals surface area contributed by atoms with Crippen LogP contribution in [-0.4, -0.2) is 64.3 Å². The van der Waals surface area contributed by atoms with Crippen LogP contribution in [0.4, 0.5) is 5.95 Å². The van der Waals surface area contributed by atoms with Gasteiger partial charge in [0.2, 0.25) is 11.7 Å². The Morgan fingerprint density at radius 1 is 1.34 bits per heavy atom. The number of nitrogen functional groups attached to an aromatic ring is 1. The van der Waals surface area contributed by atoms with Crippen LogP contribution in [0.2, 0.25) is 0 Å². The number of hydrogen-bond acceptors (Lipinski definition) is 10. The summed E-state index contributed by atoms with van der Waals surface area (Å²) in [6.07, 6.45) is -4.54. The molecule has 0 aromatic carbocycles. The minimum Gasteiger partial charge on any atom is -0.387 e. The molecule has 8 N–H and O–H groups in total. The topological polar surface area (TPSA) is 244 Å². The van der Waals surface area contributed by atoms with E-state index in [1.165, 1.54) is 22.5 Å². The molecule has 1 saturated heterocycles. The van der Waals surface area contributed by atoms with Crippen LogP contribution < -0.4 is 15.9 Å². The highest BCUT2D eigenvalue weighted by Gasteiger charge is 2.48. The Morgan fingerprint density at radius 2 is 2.00 bits per heavy atom. The highest BCUT2D eigenvalue weighted by atomic mass is 31.3. The average Bonchev–Trinajstić information content (AvgIpc) is 3.01. The first-order chi connectivity index (χ1) is 13.3. The standard InChI is InChI=1S/C11H17N5O11P2/c1-15-3-16(8-5(15)9(19)14-11(12)13-8)10-7(18)6(17)4(26-10)2-25-29(23,24)27-28(20,21)22/h3-4,6-7,10,17-18H,2H2,1H3,(H5-,12,13,14,19,20,21,22,23,24)/p+1/t4-,6+,7+,10-/m0/s1. The number of aliphatic hydroxyl groups is 2. The van der Waals surface area contributed by atoms with Crippen molar-refractivity contribution in [3.63, 3.8) is 0 Å². The van der Waals surface area contributed by atoms with Crippen LogP contribution in [0, 0.1) is 0 Å². The average molecular weight is 458 g/mol. The Bertz CT molecular complexity index is 1080. The van der Waals surface area contributed by atoms with Crippen LogP contribution >= 0.6 is 15.6 Å². The van der Waals surface area contributed by atoms with E-state index in [1.807, 2.05) is 0 Å². The summed E-state index contributed by atoms with van der Waals surface area (Å²) in [5.74, 6) is -0.203. The molecular weight excluding hydrogens is 440 g/mol. The van der Waals surface area contributed by atoms with E-state index in [1.54, 1.807) is 0 Å². The monoisotopic (exact) mass is 458 g/mol. The highest BCUT2D eigenvalue weighted by molar-refractivity contribution is 7.60. The summed E-state index contributed by atoms with van der Waals surface area (Å²) >= 11 is 0. The van der Waals surface area contributed by atoms with E-state index in [0.29, 0.717) is 0 Å². The van der Waals surface area contributed by atoms with Crippen LogP contribution in [0.5, 0.6) is 0 Å². The number of imidazole rings is 1. The Balaban J connectivity index is 1.84. The van der Waals surface area contributed by atoms with Crippen LogP contribution in [-0.2, 0) is 29.7 Å². The third-order valence-corrected chi connectivity index (χ3v) is 6.16. The fourth-order valence-electron chi connectivity index (χ4n) is 2.88. The van der Waals surface area contributed by atoms with Gasteiger partial charge in [0.15, 0.2) is 6.33 Å². The van der Waals surface area contributed by atoms with Crippen molar-refractivity contribution in [2.24, 2.45) is 7.05 Å². The number of phosphoric ester groups is 1. The van der Waals surface area contributed by atoms with Gasteiger partial charge in [0.05, 0.1) is 13.7 Å². The van der Waals surface area contributed by atoms with Gasteiger partial charge in [0, 0.05) is 0 Å². The second-order valence-electron chi connectivity index (χ2n) is 6.14. The molecule has 0 bridgehead atoms. The zero-order chi connectivity index (χ0) is 21.7. The van der Waals surface area contributed by atoms with E-state index in [4.69, 9.17) is 20.3 Å². The van der Waals surface area contributed by atoms with Crippen LogP contribution in [0.25, 0.3) is 11.2 Å². The van der Waals surface area contributed by atoms with E-state index in [2.05, 4.69) is 18.8 Å². The summed E-state index contributed by atoms with van der Waals surface area (Å²) in [6.45, 7) is -0.857. The number of ether oxygens (including phenoxy) is 1. The molecule has 162 valence electrons. The molecule has 5 atom stereocenters. The molecule has 2 aromatic heterocycles. The number of aryl methyl sites for hydroxylation is 1. The van der Waals surface area contributed by atoms with E-state index < -0.39 is 52.4 Å². The van der Waals surface area contributed by atoms with Gasteiger partial charge in [0.1, 0.15) is 18.3 Å². The summed E-state index contributed by atoms with van der Waals surface area (Å²) in [4.78, 5) is 44.8. The summed E-state index contributed by atoms with van der Waals surface area (Å²) in [5, 5.41) is 20.5. The van der Waals surface area contributed by atoms with E-state index in [-0.39, 0.29) is 17.1 Å². The number of rotatable bonds is 6. The third kappa shape index (κ3) is 4.57. The molecule has 16 nitrogen and oxygen atoms in total. The fraction of sp³-hybridized carbons (Fsp3) is 0.545. The number of aromatic nitrogens is 4. The van der Waals surface area contributed by atoms with Gasteiger partial charge in [-0.3, -0.25) is 18.9 Å². The minimum atomic E-state index is -5.32. The van der Waals surface area contributed by atoms with Crippen LogP contribution in [0.3, 0.4) is 0 Å². The van der Waals surface area contributed by atoms with Gasteiger partial charge in [0.25, 0.3) is 11.5 Å². The molecule has 29 heavy (non-hydrogen) atoms. The maximum Gasteiger partial charge on any atom is 0.481 e. The van der Waals surface area contributed by atoms with Gasteiger partial charge >= 0.3 is 21.3 Å². The minimum absolute atomic E-state index is 0.0317. The highest BCUT2D eigenvalue weighted by Crippen LogP contribution is 2.57. The van der Waals surface area contributed by atoms with Crippen molar-refractivity contribution in [1.82, 2.24) is 14.5 Å². The molecule has 3 heterocycles. The summed E-state index contributed by atoms with van der Waals surface area (Å²) in [6, 6.07) is 0. The summed E-state index contributed by atoms with van der Waals surface area (Å²) in [5.41, 5.74) is 5.11. The zero-order valence-corrected chi connectivity index (χ0v) is 16.4. The Morgan fingerprint density at radius 3 is 2.62 bits per heavy atom. The first kappa shape index (κ1) is 22.0. The lowest BCUT2D eigenvalue weighted by Gasteiger charge is -2.17. The van der Waals surface area contributed by atoms with E-state index in [0.717, 1.165) is 0 Å². The van der Waals surface area contributed by atoms with E-state index in [9.17, 15) is 29.0 Å². The molecule has 1 aliphatic heterocycles. The lowest BCUT2D eigenvalue weighted by atomic mass is 10.1. The molecule has 0 saturated carbocycles. The van der Waals surface area contributed by atoms with Crippen molar-refractivity contribution in [3.8, 4) is 0 Å². The molecule has 18 heteroatoms. The molecule has 1 aliphatic rings. The number of anilines is 1. The molecule has 0 spiro atoms. The first-order valence-corrected chi connectivity index (χ1v) is 10.8. The number of aliphatic hydroxyl groups excluding tert-OH is 2. The normalized spacial score (nSPS) is 27.4. The number of hydrogen-bond donors (Lipinski definition) is 7. The van der Waals surface area contributed by atoms with Crippen LogP contribution in [0.1, 0.15) is 6.23 Å². The van der Waals surface area contributed by atoms with Crippen molar-refractivity contribution in [1.29, 1.82) is 0 Å². The maximum absolute atomic E-state index is 12.1. The number of phosphoric acid groups is 2. The van der Waals surface area contributed by atoms with Gasteiger partial charge in [-0.15, -0.1) is 0 Å². The molecule has 0 aliphatic carbocycles. The third-order valence-electron chi connectivity index (χ3n) is 4.01. The predicted octanol–water partition coefficient (Wildman–Crippen LogP) is -3.02. The number of aromatic amines is 1. The SMILES string of the molecule is Cn1c[n+]([C@H]2O[C@@H](COP(=O)(O)OP(=O)(O)O)[C@@H](O)[C@H]2O)c2nc(N)[nH]c(=O)c21. The van der Waals surface area contributed by atoms with Gasteiger partial charge in [-0.1, -0.05) is 4.98 Å². The lowest BCUT2D eigenvalue weighted by molar-refractivity contribution is -0.745. The van der Waals surface area contributed by atoms with E-state index >= 15 is 0 Å². The van der Waals surface area contributed by atoms with Gasteiger partial charge < -0.3 is 35.4 Å². The predicted molar refractivity (Wildman–Crippen MR) is 90.8 cm³/mol. The van der Waals surface area contributed by atoms with Crippen LogP contribution in [0.15, 0.2) is 11.1 Å². The number of H-pyrrole nitrogens is 1. The van der Waals surface area contributed by atoms with Crippen molar-refractivity contribution < 1.29 is 52.2 Å². The molecule has 2 aromatic rings. The molecule has 1 unspecified atom stereocenters. The van der Waals surface area contributed by atoms with Crippen molar-refractivity contribution in [3.05, 3.63) is 16.7 Å². The quantitative estimate of drug-likeness (QED) is 0.168. The van der Waals surface area contributed by atoms with Gasteiger partial charge in [-0.2, -0.15) is 4.31 Å². The molecule has 0 radical (unpaired) electrons. The van der Waals surface area contributed by atoms with Crippen molar-refractivity contribution >= 4 is 32.8 Å². The maximum atomic E-state index is 12.1. The number of nitrogens with one attached hydrogen (secondary N) is 1. The van der Waals surface area contributed by atoms with Crippen molar-refractivity contribution in [2.45, 2.75) is 24.5 Å². The molecule has 0 amide bonds. The first-order valence-electron chi connectivity index (χ1n) is 7.81. The smallest absolute Gasteiger partial charge is 0.387 e. The zero-order valence-electron chi connectivity index (χ0n) is 14.6. The second kappa shape index (κ2) is 7.52. The summed E-state index contributed by atoms with van der Waals surface area (Å²) < 4.78 is 38.3.